The highest BCUT2D eigenvalue weighted by atomic mass is 16.5. The lowest BCUT2D eigenvalue weighted by molar-refractivity contribution is -0.164. The van der Waals surface area contributed by atoms with Gasteiger partial charge in [0.1, 0.15) is 29.3 Å². The molecule has 0 aliphatic heterocycles. The summed E-state index contributed by atoms with van der Waals surface area (Å²) in [6, 6.07) is 0. The number of esters is 2. The molecular formula is C63H99N3O8. The summed E-state index contributed by atoms with van der Waals surface area (Å²) >= 11 is 0. The highest BCUT2D eigenvalue weighted by Crippen LogP contribution is 2.54. The van der Waals surface area contributed by atoms with E-state index in [0.29, 0.717) is 41.4 Å². The van der Waals surface area contributed by atoms with Crippen LogP contribution in [0.4, 0.5) is 5.82 Å². The maximum Gasteiger partial charge on any atom is 0.342 e. The topological polar surface area (TPSA) is 164 Å². The molecule has 1 heterocycles. The van der Waals surface area contributed by atoms with Crippen LogP contribution in [-0.2, 0) is 28.7 Å². The number of nitrogens with zero attached hydrogens (tertiary/aromatic N) is 1. The van der Waals surface area contributed by atoms with Crippen molar-refractivity contribution in [2.45, 2.75) is 229 Å². The van der Waals surface area contributed by atoms with Crippen LogP contribution in [-0.4, -0.2) is 57.5 Å². The first kappa shape index (κ1) is 60.6. The van der Waals surface area contributed by atoms with E-state index in [0.717, 1.165) is 25.7 Å². The second-order valence-electron chi connectivity index (χ2n) is 29.4. The number of aliphatic hydroxyl groups excluding tert-OH is 1. The maximum absolute atomic E-state index is 15.3. The molecule has 0 radical (unpaired) electrons. The van der Waals surface area contributed by atoms with Crippen LogP contribution >= 0.6 is 0 Å². The molecule has 414 valence electrons. The molecule has 11 nitrogen and oxygen atoms in total. The van der Waals surface area contributed by atoms with Crippen LogP contribution in [0.3, 0.4) is 0 Å². The Morgan fingerprint density at radius 2 is 1.07 bits per heavy atom. The van der Waals surface area contributed by atoms with E-state index in [9.17, 15) is 14.7 Å². The molecule has 0 spiro atoms. The summed E-state index contributed by atoms with van der Waals surface area (Å²) in [5.41, 5.74) is -0.278. The van der Waals surface area contributed by atoms with Gasteiger partial charge in [0.15, 0.2) is 0 Å². The molecule has 2 amide bonds. The number of amides is 2. The summed E-state index contributed by atoms with van der Waals surface area (Å²) in [6.07, 6.45) is 3.70. The van der Waals surface area contributed by atoms with Crippen LogP contribution in [0.1, 0.15) is 239 Å². The number of nitrogens with one attached hydrogen (secondary N) is 2. The lowest BCUT2D eigenvalue weighted by atomic mass is 9.59. The molecule has 4 unspecified atom stereocenters. The number of hydrogen-bond acceptors (Lipinski definition) is 8. The van der Waals surface area contributed by atoms with E-state index >= 15 is 14.4 Å². The summed E-state index contributed by atoms with van der Waals surface area (Å²) in [7, 11) is 0. The van der Waals surface area contributed by atoms with E-state index in [1.807, 2.05) is 69.2 Å². The fourth-order valence-electron chi connectivity index (χ4n) is 12.3. The van der Waals surface area contributed by atoms with Gasteiger partial charge in [0.25, 0.3) is 5.91 Å². The number of ether oxygens (including phenoxy) is 2. The zero-order valence-electron chi connectivity index (χ0n) is 50.5. The maximum atomic E-state index is 15.3. The molecule has 2 fully saturated rings. The van der Waals surface area contributed by atoms with Crippen molar-refractivity contribution in [1.29, 1.82) is 0 Å². The molecule has 11 heteroatoms. The summed E-state index contributed by atoms with van der Waals surface area (Å²) < 4.78 is 13.6. The zero-order valence-corrected chi connectivity index (χ0v) is 50.5. The third kappa shape index (κ3) is 12.1. The van der Waals surface area contributed by atoms with Crippen LogP contribution in [0.5, 0.6) is 0 Å². The highest BCUT2D eigenvalue weighted by molar-refractivity contribution is 6.40. The minimum atomic E-state index is -0.832. The fraction of sp³-hybridized carbons (Fsp3) is 0.746. The van der Waals surface area contributed by atoms with Gasteiger partial charge in [-0.15, -0.1) is 0 Å². The number of aliphatic hydroxyl groups is 1. The first-order valence-corrected chi connectivity index (χ1v) is 28.2. The second kappa shape index (κ2) is 21.3. The fourth-order valence-corrected chi connectivity index (χ4v) is 12.3. The van der Waals surface area contributed by atoms with Crippen LogP contribution in [0.15, 0.2) is 33.0 Å². The average molecular weight is 1030 g/mol. The van der Waals surface area contributed by atoms with Gasteiger partial charge in [0, 0.05) is 40.9 Å². The third-order valence-corrected chi connectivity index (χ3v) is 17.9. The molecule has 0 bridgehead atoms. The molecular weight excluding hydrogens is 927 g/mol. The Kier molecular flexibility index (Phi) is 17.4. The summed E-state index contributed by atoms with van der Waals surface area (Å²) in [5.74, 6) is -2.26. The van der Waals surface area contributed by atoms with E-state index in [2.05, 4.69) is 107 Å². The van der Waals surface area contributed by atoms with Gasteiger partial charge in [0.05, 0.1) is 28.1 Å². The lowest BCUT2D eigenvalue weighted by Crippen LogP contribution is -2.49. The first-order chi connectivity index (χ1) is 33.6. The van der Waals surface area contributed by atoms with E-state index in [1.165, 1.54) is 0 Å². The van der Waals surface area contributed by atoms with E-state index in [4.69, 9.17) is 14.5 Å². The Hall–Kier alpha value is -4.28. The van der Waals surface area contributed by atoms with Crippen molar-refractivity contribution in [1.82, 2.24) is 4.98 Å². The van der Waals surface area contributed by atoms with Gasteiger partial charge in [-0.25, -0.2) is 14.6 Å². The second-order valence-corrected chi connectivity index (χ2v) is 29.4. The standard InChI is InChI=1S/C63H99N3O8/c1-25-62(21,22)56(71)64-41-31-36(42(32(3)4)45(41)54(69)73-51-37(58(9,10)11)27-34(7)28-38(51)59(12,13)14)44-49(67)47(50(44)68)48-43(33(5)6)46(53(65-48)66-57(72)63(23,24)26-2)55(70)74-52-39(60(15,16)17)29-35(8)30-40(52)61(18,19)20/h32-35,37-40,51-52,65,67H,25-31H2,1-24H3,(H,66,72). The van der Waals surface area contributed by atoms with Gasteiger partial charge in [-0.2, -0.15) is 0 Å². The molecule has 2 saturated carbocycles. The molecule has 0 aromatic carbocycles. The Morgan fingerprint density at radius 1 is 0.649 bits per heavy atom. The molecule has 3 N–H and O–H groups in total. The van der Waals surface area contributed by atoms with Gasteiger partial charge in [-0.05, 0) is 101 Å². The number of allylic oxidation sites excluding steroid dienone is 4. The number of carbonyl (C=O) groups excluding carboxylic acids is 5. The van der Waals surface area contributed by atoms with Crippen molar-refractivity contribution >= 4 is 46.6 Å². The Morgan fingerprint density at radius 3 is 1.43 bits per heavy atom. The molecule has 74 heavy (non-hydrogen) atoms. The normalized spacial score (nSPS) is 27.3. The zero-order chi connectivity index (χ0) is 56.5. The minimum Gasteiger partial charge on any atom is -0.506 e. The average Bonchev–Trinajstić information content (AvgIpc) is 3.81. The van der Waals surface area contributed by atoms with Gasteiger partial charge in [-0.1, -0.05) is 166 Å². The highest BCUT2D eigenvalue weighted by Gasteiger charge is 2.52. The Balaban J connectivity index is 1.77. The van der Waals surface area contributed by atoms with Crippen molar-refractivity contribution in [3.63, 3.8) is 0 Å². The molecule has 1 aromatic heterocycles. The van der Waals surface area contributed by atoms with Crippen molar-refractivity contribution in [2.24, 2.45) is 78.9 Å². The SMILES string of the molecule is CCC(C)(C)C(=O)N=C1CC(=C2C(=O)C(c3[nH]c(NC(=O)C(C)(C)CC)c(C(=O)OC4C(C(C)(C)C)CC(C)CC4C(C)(C)C)c3C(C)C)=C2O)C(C(C)C)=C1C(=O)OC1C(C(C)(C)C)CC(C)CC1C(C)(C)C. The van der Waals surface area contributed by atoms with E-state index in [-0.39, 0.29) is 121 Å². The summed E-state index contributed by atoms with van der Waals surface area (Å²) in [4.78, 5) is 81.9. The van der Waals surface area contributed by atoms with Crippen LogP contribution < -0.4 is 5.32 Å². The Labute approximate surface area is 446 Å². The first-order valence-electron chi connectivity index (χ1n) is 28.2. The monoisotopic (exact) mass is 1030 g/mol. The smallest absolute Gasteiger partial charge is 0.342 e. The number of anilines is 1. The number of aliphatic imine (C=N–C) groups is 1. The van der Waals surface area contributed by atoms with Crippen molar-refractivity contribution in [3.8, 4) is 0 Å². The number of Topliss-reactive ketones (excluding diaryl/α,β-unsaturated/α-hetero) is 1. The predicted molar refractivity (Wildman–Crippen MR) is 300 cm³/mol. The number of aromatic amines is 1. The van der Waals surface area contributed by atoms with E-state index < -0.39 is 40.8 Å². The lowest BCUT2D eigenvalue weighted by Gasteiger charge is -2.50. The van der Waals surface area contributed by atoms with E-state index in [1.54, 1.807) is 0 Å². The predicted octanol–water partition coefficient (Wildman–Crippen LogP) is 15.4. The number of rotatable bonds is 12. The largest absolute Gasteiger partial charge is 0.506 e. The van der Waals surface area contributed by atoms with Crippen LogP contribution in [0.25, 0.3) is 5.57 Å². The molecule has 0 saturated heterocycles. The number of aromatic nitrogens is 1. The molecule has 4 aliphatic carbocycles. The summed E-state index contributed by atoms with van der Waals surface area (Å²) in [5, 5.41) is 15.5. The van der Waals surface area contributed by atoms with Crippen molar-refractivity contribution < 1.29 is 38.6 Å². The van der Waals surface area contributed by atoms with Crippen LogP contribution in [0, 0.1) is 73.9 Å². The van der Waals surface area contributed by atoms with Gasteiger partial charge in [0.2, 0.25) is 11.7 Å². The van der Waals surface area contributed by atoms with Gasteiger partial charge in [-0.3, -0.25) is 14.4 Å². The van der Waals surface area contributed by atoms with Crippen molar-refractivity contribution in [2.75, 3.05) is 5.32 Å². The molecule has 1 aromatic rings. The molecule has 4 aliphatic rings. The number of ketones is 1. The number of H-pyrrole nitrogens is 1. The van der Waals surface area contributed by atoms with Crippen LogP contribution in [0.2, 0.25) is 0 Å². The van der Waals surface area contributed by atoms with Crippen molar-refractivity contribution in [3.05, 3.63) is 44.9 Å². The molecule has 5 rings (SSSR count). The number of hydrogen-bond donors (Lipinski definition) is 3. The quantitative estimate of drug-likeness (QED) is 0.138. The third-order valence-electron chi connectivity index (χ3n) is 17.9. The summed E-state index contributed by atoms with van der Waals surface area (Å²) in [6.45, 7) is 49.8. The molecule has 4 atom stereocenters. The van der Waals surface area contributed by atoms with Gasteiger partial charge < -0.3 is 24.9 Å². The van der Waals surface area contributed by atoms with Gasteiger partial charge >= 0.3 is 11.9 Å². The minimum absolute atomic E-state index is 0.0246. The number of carbonyl (C=O) groups is 5. The Bertz CT molecular complexity index is 2450.